The van der Waals surface area contributed by atoms with Gasteiger partial charge in [0.25, 0.3) is 5.91 Å². The van der Waals surface area contributed by atoms with E-state index >= 15 is 0 Å². The van der Waals surface area contributed by atoms with Gasteiger partial charge < -0.3 is 14.7 Å². The number of hydrogen-bond acceptors (Lipinski definition) is 6. The van der Waals surface area contributed by atoms with Crippen LogP contribution in [-0.2, 0) is 23.1 Å². The lowest BCUT2D eigenvalue weighted by Crippen LogP contribution is -2.51. The van der Waals surface area contributed by atoms with Gasteiger partial charge in [-0.2, -0.15) is 0 Å². The van der Waals surface area contributed by atoms with Crippen LogP contribution >= 0.6 is 11.6 Å². The summed E-state index contributed by atoms with van der Waals surface area (Å²) >= 11 is 6.31. The average molecular weight is 629 g/mol. The zero-order valence-electron chi connectivity index (χ0n) is 25.4. The highest BCUT2D eigenvalue weighted by Crippen LogP contribution is 2.50. The van der Waals surface area contributed by atoms with Gasteiger partial charge in [0.1, 0.15) is 12.4 Å². The fourth-order valence-electron chi connectivity index (χ4n) is 6.26. The third kappa shape index (κ3) is 7.65. The van der Waals surface area contributed by atoms with Crippen molar-refractivity contribution < 1.29 is 23.1 Å². The third-order valence-electron chi connectivity index (χ3n) is 9.36. The summed E-state index contributed by atoms with van der Waals surface area (Å²) < 4.78 is 34.9. The van der Waals surface area contributed by atoms with Crippen molar-refractivity contribution in [1.82, 2.24) is 4.72 Å². The zero-order chi connectivity index (χ0) is 31.2. The maximum Gasteiger partial charge on any atom is 0.264 e. The minimum absolute atomic E-state index is 0.211. The Kier molecular flexibility index (Phi) is 11.0. The zero-order valence-corrected chi connectivity index (χ0v) is 26.9. The number of anilines is 1. The summed E-state index contributed by atoms with van der Waals surface area (Å²) in [5.41, 5.74) is 2.92. The maximum absolute atomic E-state index is 13.4. The number of halogens is 1. The molecule has 1 amide bonds. The number of hydrogen-bond donors (Lipinski definition) is 2. The molecule has 0 spiro atoms. The summed E-state index contributed by atoms with van der Waals surface area (Å²) in [6.07, 6.45) is 8.62. The van der Waals surface area contributed by atoms with E-state index in [4.69, 9.17) is 16.3 Å². The first-order valence-corrected chi connectivity index (χ1v) is 17.2. The van der Waals surface area contributed by atoms with Crippen LogP contribution in [0, 0.1) is 11.3 Å². The number of ether oxygens (including phenoxy) is 1. The number of nitrogens with one attached hydrogen (secondary N) is 1. The molecule has 43 heavy (non-hydrogen) atoms. The molecular weight excluding hydrogens is 584 g/mol. The highest BCUT2D eigenvalue weighted by molar-refractivity contribution is 7.90. The Morgan fingerprint density at radius 1 is 1.23 bits per heavy atom. The van der Waals surface area contributed by atoms with E-state index in [1.807, 2.05) is 18.2 Å². The van der Waals surface area contributed by atoms with Gasteiger partial charge in [-0.15, -0.1) is 13.2 Å². The van der Waals surface area contributed by atoms with Gasteiger partial charge in [0.2, 0.25) is 10.0 Å². The lowest BCUT2D eigenvalue weighted by Gasteiger charge is -2.51. The van der Waals surface area contributed by atoms with Gasteiger partial charge in [-0.25, -0.2) is 13.1 Å². The van der Waals surface area contributed by atoms with E-state index in [0.717, 1.165) is 48.9 Å². The molecule has 234 valence electrons. The molecule has 1 aliphatic heterocycles. The van der Waals surface area contributed by atoms with Gasteiger partial charge >= 0.3 is 0 Å². The second-order valence-corrected chi connectivity index (χ2v) is 14.5. The van der Waals surface area contributed by atoms with E-state index in [0.29, 0.717) is 49.7 Å². The fourth-order valence-corrected chi connectivity index (χ4v) is 7.88. The number of aliphatic hydroxyl groups excluding tert-OH is 1. The minimum atomic E-state index is -3.87. The largest absolute Gasteiger partial charge is 0.487 e. The number of carbonyl (C=O) groups is 1. The van der Waals surface area contributed by atoms with Crippen LogP contribution < -0.4 is 14.4 Å². The van der Waals surface area contributed by atoms with E-state index in [-0.39, 0.29) is 16.9 Å². The van der Waals surface area contributed by atoms with Gasteiger partial charge in [0.05, 0.1) is 17.0 Å². The van der Waals surface area contributed by atoms with Crippen LogP contribution in [0.25, 0.3) is 0 Å². The standard InChI is InChI=1S/C34H45ClN2O5S/c1-5-8-12-29(6-2)43(40,41)36-33(39)25-14-16-31-30(21-25)37(22-27-17-18-34(27,4)32(38)7-3)19-10-9-11-24-20-28(35)15-13-26(24)23-42-31/h5,7,13-16,20-21,27,29,32,38H,1,3,6,8-12,17-19,22-23H2,2,4H3,(H,36,39)/t27-,29-,32+,34+/m1/s1. The summed E-state index contributed by atoms with van der Waals surface area (Å²) in [6.45, 7) is 13.1. The van der Waals surface area contributed by atoms with Crippen molar-refractivity contribution in [3.8, 4) is 5.75 Å². The SMILES string of the molecule is C=CCC[C@@H](CC)S(=O)(=O)NC(=O)c1ccc2c(c1)N(C[C@H]1CC[C@]1(C)[C@@H](O)C=C)CCCCc1cc(Cl)ccc1CO2. The molecule has 2 aliphatic rings. The number of sulfonamides is 1. The summed E-state index contributed by atoms with van der Waals surface area (Å²) in [4.78, 5) is 15.6. The molecule has 2 N–H and O–H groups in total. The predicted octanol–water partition coefficient (Wildman–Crippen LogP) is 6.83. The van der Waals surface area contributed by atoms with Crippen molar-refractivity contribution in [2.24, 2.45) is 11.3 Å². The van der Waals surface area contributed by atoms with Crippen LogP contribution in [0.1, 0.15) is 80.3 Å². The van der Waals surface area contributed by atoms with E-state index in [1.54, 1.807) is 37.3 Å². The molecule has 9 heteroatoms. The first-order valence-electron chi connectivity index (χ1n) is 15.3. The summed E-state index contributed by atoms with van der Waals surface area (Å²) in [5.74, 6) is 0.164. The number of fused-ring (bicyclic) bond motifs is 2. The van der Waals surface area contributed by atoms with E-state index < -0.39 is 27.3 Å². The Balaban J connectivity index is 1.68. The molecule has 4 atom stereocenters. The number of amides is 1. The topological polar surface area (TPSA) is 95.9 Å². The van der Waals surface area contributed by atoms with Crippen molar-refractivity contribution in [2.75, 3.05) is 18.0 Å². The maximum atomic E-state index is 13.4. The Bertz CT molecular complexity index is 1430. The number of nitrogens with zero attached hydrogens (tertiary/aromatic N) is 1. The van der Waals surface area contributed by atoms with E-state index in [1.165, 1.54) is 0 Å². The second-order valence-electron chi connectivity index (χ2n) is 12.1. The molecule has 1 heterocycles. The monoisotopic (exact) mass is 628 g/mol. The van der Waals surface area contributed by atoms with Gasteiger partial charge in [-0.3, -0.25) is 4.79 Å². The second kappa shape index (κ2) is 14.3. The number of aliphatic hydroxyl groups is 1. The summed E-state index contributed by atoms with van der Waals surface area (Å²) in [7, 11) is -3.87. The number of allylic oxidation sites excluding steroid dienone is 1. The first-order chi connectivity index (χ1) is 20.5. The van der Waals surface area contributed by atoms with Crippen LogP contribution in [0.4, 0.5) is 5.69 Å². The lowest BCUT2D eigenvalue weighted by molar-refractivity contribution is -0.0464. The highest BCUT2D eigenvalue weighted by Gasteiger charge is 2.47. The molecule has 1 saturated carbocycles. The molecule has 1 aliphatic carbocycles. The molecule has 4 rings (SSSR count). The van der Waals surface area contributed by atoms with Crippen LogP contribution in [0.5, 0.6) is 5.75 Å². The number of benzene rings is 2. The van der Waals surface area contributed by atoms with E-state index in [9.17, 15) is 18.3 Å². The van der Waals surface area contributed by atoms with Gasteiger partial charge in [-0.05, 0) is 98.7 Å². The first kappa shape index (κ1) is 33.1. The van der Waals surface area contributed by atoms with E-state index in [2.05, 4.69) is 29.7 Å². The quantitative estimate of drug-likeness (QED) is 0.265. The molecule has 0 saturated heterocycles. The van der Waals surface area contributed by atoms with Crippen molar-refractivity contribution in [3.05, 3.63) is 83.4 Å². The third-order valence-corrected chi connectivity index (χ3v) is 11.5. The number of rotatable bonds is 11. The summed E-state index contributed by atoms with van der Waals surface area (Å²) in [6, 6.07) is 11.0. The summed E-state index contributed by atoms with van der Waals surface area (Å²) in [5, 5.41) is 10.7. The molecular formula is C34H45ClN2O5S. The van der Waals surface area contributed by atoms with Gasteiger partial charge in [0, 0.05) is 29.1 Å². The molecule has 1 fully saturated rings. The normalized spacial score (nSPS) is 22.0. The molecule has 0 radical (unpaired) electrons. The molecule has 0 bridgehead atoms. The molecule has 2 aromatic carbocycles. The van der Waals surface area contributed by atoms with Gasteiger partial charge in [0.15, 0.2) is 0 Å². The fraction of sp³-hybridized carbons (Fsp3) is 0.500. The molecule has 0 aromatic heterocycles. The highest BCUT2D eigenvalue weighted by atomic mass is 35.5. The molecule has 2 aromatic rings. The van der Waals surface area contributed by atoms with Crippen LogP contribution in [0.3, 0.4) is 0 Å². The smallest absolute Gasteiger partial charge is 0.264 e. The van der Waals surface area contributed by atoms with Crippen molar-refractivity contribution in [1.29, 1.82) is 0 Å². The Morgan fingerprint density at radius 2 is 2.02 bits per heavy atom. The van der Waals surface area contributed by atoms with Crippen LogP contribution in [0.15, 0.2) is 61.7 Å². The Hall–Kier alpha value is -2.81. The van der Waals surface area contributed by atoms with Crippen LogP contribution in [-0.4, -0.2) is 43.9 Å². The van der Waals surface area contributed by atoms with Crippen LogP contribution in [0.2, 0.25) is 5.02 Å². The van der Waals surface area contributed by atoms with Gasteiger partial charge in [-0.1, -0.05) is 43.7 Å². The number of aryl methyl sites for hydroxylation is 1. The van der Waals surface area contributed by atoms with Crippen molar-refractivity contribution >= 4 is 33.2 Å². The Morgan fingerprint density at radius 3 is 2.70 bits per heavy atom. The Labute approximate surface area is 262 Å². The van der Waals surface area contributed by atoms with Crippen molar-refractivity contribution in [2.45, 2.75) is 83.2 Å². The number of carbonyl (C=O) groups excluding carboxylic acids is 1. The minimum Gasteiger partial charge on any atom is -0.487 e. The van der Waals surface area contributed by atoms with Crippen molar-refractivity contribution in [3.63, 3.8) is 0 Å². The lowest BCUT2D eigenvalue weighted by atomic mass is 9.58. The molecule has 7 nitrogen and oxygen atoms in total. The molecule has 0 unspecified atom stereocenters. The predicted molar refractivity (Wildman–Crippen MR) is 174 cm³/mol. The average Bonchev–Trinajstić information content (AvgIpc) is 3.01.